The van der Waals surface area contributed by atoms with Crippen molar-refractivity contribution in [1.82, 2.24) is 19.7 Å². The maximum Gasteiger partial charge on any atom is 0.290 e. The van der Waals surface area contributed by atoms with Crippen LogP contribution in [0.3, 0.4) is 0 Å². The Balaban J connectivity index is 1.45. The number of hydrogen-bond donors (Lipinski definition) is 1. The molecule has 6 rings (SSSR count). The van der Waals surface area contributed by atoms with Crippen molar-refractivity contribution in [3.8, 4) is 11.1 Å². The van der Waals surface area contributed by atoms with Gasteiger partial charge in [-0.2, -0.15) is 13.9 Å². The van der Waals surface area contributed by atoms with Gasteiger partial charge in [0.25, 0.3) is 18.3 Å². The van der Waals surface area contributed by atoms with Crippen LogP contribution < -0.4 is 5.32 Å². The zero-order chi connectivity index (χ0) is 37.5. The molecule has 0 amide bonds. The molecule has 2 aliphatic rings. The van der Waals surface area contributed by atoms with Gasteiger partial charge in [0, 0.05) is 49.6 Å². The number of alkyl halides is 6. The third kappa shape index (κ3) is 7.68. The number of aromatic nitrogens is 4. The van der Waals surface area contributed by atoms with Gasteiger partial charge >= 0.3 is 0 Å². The van der Waals surface area contributed by atoms with Crippen LogP contribution in [-0.2, 0) is 34.3 Å². The first-order valence-corrected chi connectivity index (χ1v) is 16.2. The Morgan fingerprint density at radius 3 is 2.37 bits per heavy atom. The number of ketones is 2. The number of fused-ring (bicyclic) bond motifs is 1. The lowest BCUT2D eigenvalue weighted by Crippen LogP contribution is -2.33. The van der Waals surface area contributed by atoms with Gasteiger partial charge < -0.3 is 10.1 Å². The lowest BCUT2D eigenvalue weighted by atomic mass is 9.86. The number of carbonyl (C=O) groups is 2. The number of Topliss-reactive ketones (excluding diaryl/α,β-unsaturated/α-hetero) is 2. The van der Waals surface area contributed by atoms with E-state index in [2.05, 4.69) is 20.4 Å². The van der Waals surface area contributed by atoms with Crippen LogP contribution in [0.4, 0.5) is 45.5 Å². The molecule has 4 aromatic rings. The lowest BCUT2D eigenvalue weighted by molar-refractivity contribution is -0.121. The molecule has 52 heavy (non-hydrogen) atoms. The topological polar surface area (TPSA) is 99.0 Å². The van der Waals surface area contributed by atoms with Crippen molar-refractivity contribution in [1.29, 1.82) is 0 Å². The zero-order valence-electron chi connectivity index (χ0n) is 27.3. The summed E-state index contributed by atoms with van der Waals surface area (Å²) in [5.41, 5.74) is -4.52. The van der Waals surface area contributed by atoms with E-state index < -0.39 is 96.0 Å². The van der Waals surface area contributed by atoms with Gasteiger partial charge in [0.15, 0.2) is 11.6 Å². The van der Waals surface area contributed by atoms with Gasteiger partial charge in [-0.3, -0.25) is 14.3 Å². The number of halogens is 9. The number of nitrogens with one attached hydrogen (secondary N) is 1. The maximum absolute atomic E-state index is 15.1. The molecule has 276 valence electrons. The maximum atomic E-state index is 15.1. The smallest absolute Gasteiger partial charge is 0.290 e. The minimum atomic E-state index is -4.06. The van der Waals surface area contributed by atoms with Crippen molar-refractivity contribution in [2.24, 2.45) is 0 Å². The Hall–Kier alpha value is -4.80. The molecular weight excluding hydrogens is 709 g/mol. The fourth-order valence-electron chi connectivity index (χ4n) is 6.61. The molecule has 1 aliphatic heterocycles. The Labute approximate surface area is 290 Å². The summed E-state index contributed by atoms with van der Waals surface area (Å²) in [5.74, 6) is -13.5. The third-order valence-corrected chi connectivity index (χ3v) is 8.98. The summed E-state index contributed by atoms with van der Waals surface area (Å²) in [6.07, 6.45) is -5.51. The Morgan fingerprint density at radius 1 is 1.00 bits per heavy atom. The molecule has 3 heterocycles. The molecule has 8 nitrogen and oxygen atoms in total. The molecular formula is C35H30F9N5O3. The minimum Gasteiger partial charge on any atom is -0.379 e. The van der Waals surface area contributed by atoms with E-state index in [-0.39, 0.29) is 51.0 Å². The van der Waals surface area contributed by atoms with Crippen LogP contribution in [0, 0.1) is 17.5 Å². The van der Waals surface area contributed by atoms with E-state index in [0.717, 1.165) is 25.1 Å². The molecule has 0 bridgehead atoms. The standard InChI is InChI=1S/C35H30F9N5O3/c1-17(50)25-12-19(2-3-27(25)38)26-14-45-33(46-23-4-7-52-16-23)47-29(26)20(8-18-9-21(36)13-22(37)10-18)11-24(51)15-49-31-28(30(48-49)32(39)40)34(41,42)5-6-35(31,43)44/h2-3,9-10,12-14,20,23,32H,4-8,11,15-16H2,1H3,(H,45,46,47)/t20-,23?/m1/s1. The molecule has 1 unspecified atom stereocenters. The highest BCUT2D eigenvalue weighted by atomic mass is 19.3. The van der Waals surface area contributed by atoms with Crippen LogP contribution in [0.1, 0.15) is 83.5 Å². The van der Waals surface area contributed by atoms with E-state index in [1.807, 2.05) is 0 Å². The molecule has 2 aromatic heterocycles. The van der Waals surface area contributed by atoms with Crippen molar-refractivity contribution >= 4 is 17.5 Å². The first-order chi connectivity index (χ1) is 24.5. The van der Waals surface area contributed by atoms with Gasteiger partial charge in [0.1, 0.15) is 35.4 Å². The molecule has 17 heteroatoms. The summed E-state index contributed by atoms with van der Waals surface area (Å²) in [5, 5.41) is 6.44. The first kappa shape index (κ1) is 37.0. The summed E-state index contributed by atoms with van der Waals surface area (Å²) in [6.45, 7) is 0.765. The largest absolute Gasteiger partial charge is 0.379 e. The predicted octanol–water partition coefficient (Wildman–Crippen LogP) is 8.06. The third-order valence-electron chi connectivity index (χ3n) is 8.98. The number of carbonyl (C=O) groups excluding carboxylic acids is 2. The highest BCUT2D eigenvalue weighted by Crippen LogP contribution is 2.52. The van der Waals surface area contributed by atoms with Gasteiger partial charge in [-0.25, -0.2) is 40.7 Å². The van der Waals surface area contributed by atoms with Gasteiger partial charge in [-0.15, -0.1) is 0 Å². The molecule has 2 atom stereocenters. The van der Waals surface area contributed by atoms with Gasteiger partial charge in [-0.1, -0.05) is 6.07 Å². The molecule has 1 N–H and O–H groups in total. The second-order valence-corrected chi connectivity index (χ2v) is 12.8. The number of hydrogen-bond acceptors (Lipinski definition) is 7. The molecule has 1 fully saturated rings. The number of rotatable bonds is 12. The quantitative estimate of drug-likeness (QED) is 0.116. The normalized spacial score (nSPS) is 18.3. The molecule has 0 saturated carbocycles. The summed E-state index contributed by atoms with van der Waals surface area (Å²) in [4.78, 5) is 34.9. The Morgan fingerprint density at radius 2 is 1.71 bits per heavy atom. The van der Waals surface area contributed by atoms with Crippen LogP contribution in [0.5, 0.6) is 0 Å². The summed E-state index contributed by atoms with van der Waals surface area (Å²) in [6, 6.07) is 5.94. The average molecular weight is 740 g/mol. The number of nitrogens with zero attached hydrogens (tertiary/aromatic N) is 4. The van der Waals surface area contributed by atoms with Gasteiger partial charge in [0.05, 0.1) is 29.5 Å². The van der Waals surface area contributed by atoms with E-state index in [0.29, 0.717) is 25.7 Å². The van der Waals surface area contributed by atoms with Crippen molar-refractivity contribution in [2.45, 2.75) is 75.8 Å². The van der Waals surface area contributed by atoms with Gasteiger partial charge in [0.2, 0.25) is 5.95 Å². The second kappa shape index (κ2) is 14.3. The highest BCUT2D eigenvalue weighted by molar-refractivity contribution is 5.95. The summed E-state index contributed by atoms with van der Waals surface area (Å²) in [7, 11) is 0. The van der Waals surface area contributed by atoms with Gasteiger partial charge in [-0.05, 0) is 55.2 Å². The van der Waals surface area contributed by atoms with Crippen molar-refractivity contribution in [3.05, 3.63) is 93.8 Å². The minimum absolute atomic E-state index is 0.0322. The number of ether oxygens (including phenoxy) is 1. The average Bonchev–Trinajstić information content (AvgIpc) is 3.72. The van der Waals surface area contributed by atoms with E-state index >= 15 is 8.78 Å². The summed E-state index contributed by atoms with van der Waals surface area (Å²) >= 11 is 0. The number of benzene rings is 2. The van der Waals surface area contributed by atoms with E-state index in [1.54, 1.807) is 0 Å². The molecule has 0 radical (unpaired) electrons. The monoisotopic (exact) mass is 739 g/mol. The van der Waals surface area contributed by atoms with E-state index in [9.17, 15) is 40.3 Å². The van der Waals surface area contributed by atoms with Crippen LogP contribution in [-0.4, -0.2) is 50.6 Å². The predicted molar refractivity (Wildman–Crippen MR) is 167 cm³/mol. The number of anilines is 1. The van der Waals surface area contributed by atoms with Crippen LogP contribution in [0.25, 0.3) is 11.1 Å². The first-order valence-electron chi connectivity index (χ1n) is 16.2. The lowest BCUT2D eigenvalue weighted by Gasteiger charge is -2.29. The van der Waals surface area contributed by atoms with Crippen molar-refractivity contribution < 1.29 is 53.8 Å². The molecule has 1 saturated heterocycles. The van der Waals surface area contributed by atoms with Crippen LogP contribution in [0.15, 0.2) is 42.6 Å². The highest BCUT2D eigenvalue weighted by Gasteiger charge is 2.55. The Bertz CT molecular complexity index is 1990. The van der Waals surface area contributed by atoms with Crippen molar-refractivity contribution in [3.63, 3.8) is 0 Å². The summed E-state index contributed by atoms with van der Waals surface area (Å²) < 4.78 is 136. The molecule has 1 aliphatic carbocycles. The molecule has 0 spiro atoms. The van der Waals surface area contributed by atoms with Crippen LogP contribution in [0.2, 0.25) is 0 Å². The zero-order valence-corrected chi connectivity index (χ0v) is 27.3. The fourth-order valence-corrected chi connectivity index (χ4v) is 6.61. The Kier molecular flexibility index (Phi) is 10.2. The second-order valence-electron chi connectivity index (χ2n) is 12.8. The van der Waals surface area contributed by atoms with E-state index in [1.165, 1.54) is 18.3 Å². The SMILES string of the molecule is CC(=O)c1cc(-c2cnc(NC3CCOC3)nc2[C@@H](CC(=O)Cn2nc(C(F)F)c3c2C(F)(F)CCC3(F)F)Cc2cc(F)cc(F)c2)ccc1F. The fraction of sp³-hybridized carbons (Fsp3) is 0.400. The van der Waals surface area contributed by atoms with Crippen LogP contribution >= 0.6 is 0 Å². The van der Waals surface area contributed by atoms with E-state index in [4.69, 9.17) is 4.74 Å². The van der Waals surface area contributed by atoms with Crippen molar-refractivity contribution in [2.75, 3.05) is 18.5 Å². The molecule has 2 aromatic carbocycles.